The molecule has 0 atom stereocenters. The minimum absolute atomic E-state index is 0. The highest BCUT2D eigenvalue weighted by molar-refractivity contribution is 6.02. The number of hydroxylamine groups is 2. The van der Waals surface area contributed by atoms with Crippen molar-refractivity contribution in [3.05, 3.63) is 35.4 Å². The SMILES string of the molecule is N#C/C(=C\c1ccc(O)cc1)C(=O)N1CC[NH+](CCCCCC(=O)ON2C(=O)CCC2=O)CC1.[Cl-]. The smallest absolute Gasteiger partial charge is 0.333 e. The van der Waals surface area contributed by atoms with Crippen molar-refractivity contribution in [3.8, 4) is 11.8 Å². The number of hydrogen-bond acceptors (Lipinski definition) is 7. The first-order chi connectivity index (χ1) is 16.4. The molecule has 1 aromatic carbocycles. The lowest BCUT2D eigenvalue weighted by molar-refractivity contribution is -0.904. The largest absolute Gasteiger partial charge is 1.00 e. The summed E-state index contributed by atoms with van der Waals surface area (Å²) in [5.74, 6) is -1.69. The van der Waals surface area contributed by atoms with Gasteiger partial charge < -0.3 is 32.2 Å². The van der Waals surface area contributed by atoms with Crippen molar-refractivity contribution in [2.24, 2.45) is 0 Å². The van der Waals surface area contributed by atoms with E-state index >= 15 is 0 Å². The number of aromatic hydroxyl groups is 1. The van der Waals surface area contributed by atoms with E-state index < -0.39 is 17.8 Å². The van der Waals surface area contributed by atoms with Gasteiger partial charge in [0.15, 0.2) is 0 Å². The van der Waals surface area contributed by atoms with Crippen molar-refractivity contribution >= 4 is 29.8 Å². The average molecular weight is 505 g/mol. The van der Waals surface area contributed by atoms with Crippen LogP contribution in [0.1, 0.15) is 44.1 Å². The van der Waals surface area contributed by atoms with Crippen LogP contribution in [0.4, 0.5) is 0 Å². The Bertz CT molecular complexity index is 980. The van der Waals surface area contributed by atoms with Gasteiger partial charge >= 0.3 is 5.97 Å². The van der Waals surface area contributed by atoms with Crippen LogP contribution < -0.4 is 17.3 Å². The number of nitrogens with zero attached hydrogens (tertiary/aromatic N) is 3. The third kappa shape index (κ3) is 8.09. The molecule has 0 unspecified atom stereocenters. The lowest BCUT2D eigenvalue weighted by Crippen LogP contribution is -3.14. The number of benzene rings is 1. The van der Waals surface area contributed by atoms with Gasteiger partial charge in [0.2, 0.25) is 0 Å². The lowest BCUT2D eigenvalue weighted by Gasteiger charge is -2.32. The fourth-order valence-electron chi connectivity index (χ4n) is 3.95. The number of rotatable bonds is 9. The van der Waals surface area contributed by atoms with E-state index in [1.54, 1.807) is 17.0 Å². The molecule has 3 rings (SSSR count). The van der Waals surface area contributed by atoms with E-state index in [4.69, 9.17) is 4.84 Å². The molecule has 0 bridgehead atoms. The molecule has 2 fully saturated rings. The maximum Gasteiger partial charge on any atom is 0.333 e. The summed E-state index contributed by atoms with van der Waals surface area (Å²) in [6.07, 6.45) is 4.18. The van der Waals surface area contributed by atoms with E-state index in [1.165, 1.54) is 23.1 Å². The molecule has 1 aromatic rings. The van der Waals surface area contributed by atoms with Crippen molar-refractivity contribution in [2.75, 3.05) is 32.7 Å². The zero-order valence-electron chi connectivity index (χ0n) is 19.4. The van der Waals surface area contributed by atoms with Gasteiger partial charge in [-0.05, 0) is 43.0 Å². The summed E-state index contributed by atoms with van der Waals surface area (Å²) >= 11 is 0. The predicted octanol–water partition coefficient (Wildman–Crippen LogP) is -2.80. The summed E-state index contributed by atoms with van der Waals surface area (Å²) in [6.45, 7) is 3.60. The van der Waals surface area contributed by atoms with E-state index in [0.717, 1.165) is 32.5 Å². The summed E-state index contributed by atoms with van der Waals surface area (Å²) in [4.78, 5) is 55.4. The number of phenols is 1. The van der Waals surface area contributed by atoms with E-state index in [1.807, 2.05) is 6.07 Å². The highest BCUT2D eigenvalue weighted by atomic mass is 35.5. The van der Waals surface area contributed by atoms with Gasteiger partial charge in [-0.2, -0.15) is 5.26 Å². The van der Waals surface area contributed by atoms with Crippen LogP contribution in [-0.4, -0.2) is 71.5 Å². The van der Waals surface area contributed by atoms with Crippen LogP contribution in [0.3, 0.4) is 0 Å². The zero-order chi connectivity index (χ0) is 24.5. The molecule has 0 radical (unpaired) electrons. The van der Waals surface area contributed by atoms with Gasteiger partial charge in [0, 0.05) is 19.3 Å². The minimum Gasteiger partial charge on any atom is -1.00 e. The Morgan fingerprint density at radius 1 is 1.06 bits per heavy atom. The van der Waals surface area contributed by atoms with Gasteiger partial charge in [0.25, 0.3) is 17.7 Å². The van der Waals surface area contributed by atoms with E-state index in [9.17, 15) is 29.5 Å². The molecule has 35 heavy (non-hydrogen) atoms. The van der Waals surface area contributed by atoms with Crippen molar-refractivity contribution in [3.63, 3.8) is 0 Å². The van der Waals surface area contributed by atoms with E-state index in [0.29, 0.717) is 30.1 Å². The molecule has 2 aliphatic rings. The van der Waals surface area contributed by atoms with Crippen LogP contribution in [0.15, 0.2) is 29.8 Å². The van der Waals surface area contributed by atoms with Crippen LogP contribution in [0.2, 0.25) is 0 Å². The first-order valence-corrected chi connectivity index (χ1v) is 11.5. The van der Waals surface area contributed by atoms with Gasteiger partial charge in [-0.15, -0.1) is 5.06 Å². The standard InChI is InChI=1S/C24H28N4O6.ClH/c25-17-19(16-18-5-7-20(29)8-6-18)24(33)27-14-12-26(13-15-27)11-3-1-2-4-23(32)34-28-21(30)9-10-22(28)31;/h5-8,16,29H,1-4,9-15H2;1H/b19-16+;. The maximum absolute atomic E-state index is 12.7. The van der Waals surface area contributed by atoms with Crippen molar-refractivity contribution in [2.45, 2.75) is 38.5 Å². The molecule has 188 valence electrons. The Morgan fingerprint density at radius 3 is 2.29 bits per heavy atom. The highest BCUT2D eigenvalue weighted by Gasteiger charge is 2.32. The number of quaternary nitrogens is 1. The molecule has 3 amide bonds. The first kappa shape index (κ1) is 27.8. The molecular formula is C24H29ClN4O6. The van der Waals surface area contributed by atoms with Gasteiger partial charge in [0.1, 0.15) is 17.4 Å². The minimum atomic E-state index is -0.572. The quantitative estimate of drug-likeness (QED) is 0.161. The molecule has 0 aliphatic carbocycles. The number of unbranched alkanes of at least 4 members (excludes halogenated alkanes) is 2. The number of hydrogen-bond donors (Lipinski definition) is 2. The Balaban J connectivity index is 0.00000432. The van der Waals surface area contributed by atoms with Gasteiger partial charge in [0.05, 0.1) is 32.7 Å². The first-order valence-electron chi connectivity index (χ1n) is 11.5. The maximum atomic E-state index is 12.7. The molecular weight excluding hydrogens is 476 g/mol. The number of phenolic OH excluding ortho intramolecular Hbond substituents is 1. The molecule has 2 N–H and O–H groups in total. The molecule has 10 nitrogen and oxygen atoms in total. The van der Waals surface area contributed by atoms with Crippen LogP contribution in [0.5, 0.6) is 5.75 Å². The normalized spacial score (nSPS) is 16.6. The van der Waals surface area contributed by atoms with Gasteiger partial charge in [-0.25, -0.2) is 4.79 Å². The fraction of sp³-hybridized carbons (Fsp3) is 0.458. The second-order valence-corrected chi connectivity index (χ2v) is 8.41. The van der Waals surface area contributed by atoms with Crippen LogP contribution in [0.25, 0.3) is 6.08 Å². The van der Waals surface area contributed by atoms with Crippen molar-refractivity contribution in [1.82, 2.24) is 9.96 Å². The topological polar surface area (TPSA) is 132 Å². The third-order valence-corrected chi connectivity index (χ3v) is 5.92. The number of nitriles is 1. The molecule has 2 heterocycles. The zero-order valence-corrected chi connectivity index (χ0v) is 20.1. The third-order valence-electron chi connectivity index (χ3n) is 5.92. The number of carbonyl (C=O) groups is 4. The summed E-state index contributed by atoms with van der Waals surface area (Å²) in [5, 5.41) is 19.4. The van der Waals surface area contributed by atoms with Gasteiger partial charge in [-0.1, -0.05) is 12.1 Å². The summed E-state index contributed by atoms with van der Waals surface area (Å²) in [5.41, 5.74) is 0.743. The Kier molecular flexibility index (Phi) is 10.7. The van der Waals surface area contributed by atoms with Crippen LogP contribution >= 0.6 is 0 Å². The Hall–Kier alpha value is -3.42. The Labute approximate surface area is 210 Å². The summed E-state index contributed by atoms with van der Waals surface area (Å²) < 4.78 is 0. The van der Waals surface area contributed by atoms with Crippen molar-refractivity contribution in [1.29, 1.82) is 5.26 Å². The second-order valence-electron chi connectivity index (χ2n) is 8.41. The fourth-order valence-corrected chi connectivity index (χ4v) is 3.95. The molecule has 2 aliphatic heterocycles. The monoisotopic (exact) mass is 504 g/mol. The predicted molar refractivity (Wildman–Crippen MR) is 119 cm³/mol. The van der Waals surface area contributed by atoms with Crippen molar-refractivity contribution < 1.29 is 46.4 Å². The number of halogens is 1. The number of carbonyl (C=O) groups excluding carboxylic acids is 4. The second kappa shape index (κ2) is 13.5. The molecule has 0 saturated carbocycles. The van der Waals surface area contributed by atoms with E-state index in [-0.39, 0.29) is 48.9 Å². The number of amides is 3. The average Bonchev–Trinajstić information content (AvgIpc) is 3.15. The van der Waals surface area contributed by atoms with E-state index in [2.05, 4.69) is 0 Å². The number of imide groups is 1. The van der Waals surface area contributed by atoms with Crippen LogP contribution in [-0.2, 0) is 24.0 Å². The number of nitrogens with one attached hydrogen (secondary N) is 1. The van der Waals surface area contributed by atoms with Gasteiger partial charge in [-0.3, -0.25) is 14.4 Å². The number of piperazine rings is 1. The lowest BCUT2D eigenvalue weighted by atomic mass is 10.1. The van der Waals surface area contributed by atoms with Crippen LogP contribution in [0, 0.1) is 11.3 Å². The molecule has 0 aromatic heterocycles. The summed E-state index contributed by atoms with van der Waals surface area (Å²) in [7, 11) is 0. The molecule has 0 spiro atoms. The Morgan fingerprint density at radius 2 is 1.69 bits per heavy atom. The highest BCUT2D eigenvalue weighted by Crippen LogP contribution is 2.15. The molecule has 2 saturated heterocycles. The summed E-state index contributed by atoms with van der Waals surface area (Å²) in [6, 6.07) is 8.28. The molecule has 11 heteroatoms.